The summed E-state index contributed by atoms with van der Waals surface area (Å²) in [6.45, 7) is 6.97. The maximum absolute atomic E-state index is 13.6. The van der Waals surface area contributed by atoms with Crippen molar-refractivity contribution in [2.45, 2.75) is 335 Å². The smallest absolute Gasteiger partial charge is 0.456 e. The van der Waals surface area contributed by atoms with Gasteiger partial charge in [0, 0.05) is 12.8 Å². The molecule has 0 aromatic rings. The van der Waals surface area contributed by atoms with Crippen LogP contribution in [0.15, 0.2) is 97.2 Å². The van der Waals surface area contributed by atoms with E-state index in [-0.39, 0.29) is 31.5 Å². The Morgan fingerprint density at radius 1 is 0.407 bits per heavy atom. The first-order valence-corrected chi connectivity index (χ1v) is 37.6. The molecule has 0 aromatic carbocycles. The third-order valence-electron chi connectivity index (χ3n) is 15.7. The largest absolute Gasteiger partial charge is 0.472 e. The molecule has 0 aliphatic carbocycles. The molecule has 0 saturated carbocycles. The average Bonchev–Trinajstić information content (AvgIpc) is 3.69. The molecule has 0 spiro atoms. The lowest BCUT2D eigenvalue weighted by atomic mass is 10.0. The number of hydrogen-bond acceptors (Lipinski definition) is 6. The molecule has 0 heterocycles. The second kappa shape index (κ2) is 64.9. The van der Waals surface area contributed by atoms with E-state index < -0.39 is 20.0 Å². The zero-order chi connectivity index (χ0) is 62.8. The van der Waals surface area contributed by atoms with E-state index in [1.54, 1.807) is 0 Å². The monoisotopic (exact) mass is 1220 g/mol. The van der Waals surface area contributed by atoms with Crippen molar-refractivity contribution >= 4 is 19.7 Å². The summed E-state index contributed by atoms with van der Waals surface area (Å²) in [5.41, 5.74) is 0. The summed E-state index contributed by atoms with van der Waals surface area (Å²) in [6.07, 6.45) is 88.4. The van der Waals surface area contributed by atoms with Crippen LogP contribution >= 0.6 is 7.82 Å². The lowest BCUT2D eigenvalue weighted by Crippen LogP contribution is -2.47. The Kier molecular flexibility index (Phi) is 62.6. The first kappa shape index (κ1) is 82.9. The van der Waals surface area contributed by atoms with Crippen LogP contribution in [0, 0.1) is 0 Å². The summed E-state index contributed by atoms with van der Waals surface area (Å²) in [6, 6.07) is -0.860. The lowest BCUT2D eigenvalue weighted by Gasteiger charge is -2.27. The predicted octanol–water partition coefficient (Wildman–Crippen LogP) is 23.1. The maximum Gasteiger partial charge on any atom is 0.472 e. The summed E-state index contributed by atoms with van der Waals surface area (Å²) in [5.74, 6) is -0.515. The third-order valence-corrected chi connectivity index (χ3v) is 16.7. The summed E-state index contributed by atoms with van der Waals surface area (Å²) in [7, 11) is 1.48. The number of unbranched alkanes of at least 4 members (excludes halogenated alkanes) is 35. The van der Waals surface area contributed by atoms with Crippen molar-refractivity contribution in [1.82, 2.24) is 5.32 Å². The predicted molar refractivity (Wildman–Crippen MR) is 374 cm³/mol. The number of nitrogens with zero attached hydrogens (tertiary/aromatic N) is 1. The number of quaternary nitrogens is 1. The number of phosphoric ester groups is 1. The Bertz CT molecular complexity index is 1790. The van der Waals surface area contributed by atoms with Crippen LogP contribution in [0.25, 0.3) is 0 Å². The molecular formula is C76H138N2O7P+. The van der Waals surface area contributed by atoms with Gasteiger partial charge in [-0.25, -0.2) is 4.57 Å². The van der Waals surface area contributed by atoms with Gasteiger partial charge >= 0.3 is 13.8 Å². The van der Waals surface area contributed by atoms with Crippen molar-refractivity contribution in [3.63, 3.8) is 0 Å². The number of carbonyl (C=O) groups is 2. The molecule has 0 bridgehead atoms. The third kappa shape index (κ3) is 65.4. The number of nitrogens with one attached hydrogen (secondary N) is 1. The van der Waals surface area contributed by atoms with E-state index in [9.17, 15) is 19.0 Å². The van der Waals surface area contributed by atoms with E-state index in [0.29, 0.717) is 17.4 Å². The number of likely N-dealkylation sites (N-methyl/N-ethyl adjacent to an activating group) is 1. The molecule has 9 nitrogen and oxygen atoms in total. The molecule has 3 unspecified atom stereocenters. The Balaban J connectivity index is 5.09. The van der Waals surface area contributed by atoms with Crippen LogP contribution < -0.4 is 5.32 Å². The van der Waals surface area contributed by atoms with Gasteiger partial charge in [-0.15, -0.1) is 0 Å². The number of allylic oxidation sites excluding steroid dienone is 15. The Morgan fingerprint density at radius 2 is 0.709 bits per heavy atom. The molecule has 86 heavy (non-hydrogen) atoms. The van der Waals surface area contributed by atoms with E-state index in [1.807, 2.05) is 33.3 Å². The van der Waals surface area contributed by atoms with Gasteiger partial charge in [-0.2, -0.15) is 0 Å². The highest BCUT2D eigenvalue weighted by Crippen LogP contribution is 2.43. The van der Waals surface area contributed by atoms with Crippen LogP contribution in [0.5, 0.6) is 0 Å². The molecule has 0 rings (SSSR count). The standard InChI is InChI=1S/C76H137N2O7P/c1-7-10-13-16-19-22-25-28-30-32-34-36-38-39-41-42-44-46-48-50-53-56-59-62-65-68-75(79)77-73(72-84-86(81,82)83-71-70-78(4,5)6)74(67-64-61-58-55-52-27-24-21-18-15-12-9-3)85-76(80)69-66-63-60-57-54-51-49-47-45-43-40-37-35-33-31-29-26-23-20-17-14-11-8-2/h19-20,22-23,28-31,34-37,43,45,64,67,73-74H,7-18,21,24-27,32-33,38-42,44,46-63,65-66,68-72H2,1-6H3,(H-,77,79,81,82)/p+1/b22-19-,23-20-,30-28-,31-29-,36-34-,37-35-,45-43-,67-64+. The van der Waals surface area contributed by atoms with E-state index in [1.165, 1.54) is 186 Å². The fraction of sp³-hybridized carbons (Fsp3) is 0.763. The van der Waals surface area contributed by atoms with Crippen molar-refractivity contribution in [1.29, 1.82) is 0 Å². The molecule has 0 fully saturated rings. The lowest BCUT2D eigenvalue weighted by molar-refractivity contribution is -0.870. The van der Waals surface area contributed by atoms with Crippen molar-refractivity contribution in [2.24, 2.45) is 0 Å². The Hall–Kier alpha value is -3.07. The van der Waals surface area contributed by atoms with E-state index >= 15 is 0 Å². The molecule has 1 amide bonds. The van der Waals surface area contributed by atoms with Crippen LogP contribution in [0.3, 0.4) is 0 Å². The minimum absolute atomic E-state index is 0.0345. The van der Waals surface area contributed by atoms with Gasteiger partial charge in [0.05, 0.1) is 33.8 Å². The number of carbonyl (C=O) groups excluding carboxylic acids is 2. The molecule has 10 heteroatoms. The second-order valence-electron chi connectivity index (χ2n) is 25.4. The molecule has 0 radical (unpaired) electrons. The highest BCUT2D eigenvalue weighted by molar-refractivity contribution is 7.47. The van der Waals surface area contributed by atoms with Crippen LogP contribution in [0.1, 0.15) is 323 Å². The number of esters is 1. The molecule has 0 aliphatic heterocycles. The highest BCUT2D eigenvalue weighted by atomic mass is 31.2. The van der Waals surface area contributed by atoms with Gasteiger partial charge in [-0.1, -0.05) is 292 Å². The van der Waals surface area contributed by atoms with Crippen LogP contribution in [0.2, 0.25) is 0 Å². The highest BCUT2D eigenvalue weighted by Gasteiger charge is 2.30. The Morgan fingerprint density at radius 3 is 1.08 bits per heavy atom. The van der Waals surface area contributed by atoms with Crippen LogP contribution in [-0.2, 0) is 27.9 Å². The van der Waals surface area contributed by atoms with Gasteiger partial charge in [-0.3, -0.25) is 18.6 Å². The normalized spacial score (nSPS) is 14.1. The van der Waals surface area contributed by atoms with Gasteiger partial charge < -0.3 is 19.4 Å². The van der Waals surface area contributed by atoms with E-state index in [4.69, 9.17) is 13.8 Å². The number of rotatable bonds is 65. The number of phosphoric acid groups is 1. The number of amides is 1. The molecule has 3 atom stereocenters. The SMILES string of the molecule is CCCCC/C=C\C/C=C\C/C=C\C/C=C\CCCCCCCCCC(=O)OC(/C=C/CCCCCCCCCCCC)C(COP(=O)(O)OCC[N+](C)(C)C)NC(=O)CCCCCCCCCCCCCC/C=C\C/C=C\C/C=C\CCCCC. The van der Waals surface area contributed by atoms with Gasteiger partial charge in [-0.05, 0) is 115 Å². The molecule has 0 aromatic heterocycles. The van der Waals surface area contributed by atoms with Gasteiger partial charge in [0.1, 0.15) is 19.3 Å². The molecule has 498 valence electrons. The summed E-state index contributed by atoms with van der Waals surface area (Å²) in [4.78, 5) is 37.9. The van der Waals surface area contributed by atoms with E-state index in [0.717, 1.165) is 103 Å². The fourth-order valence-electron chi connectivity index (χ4n) is 10.2. The first-order valence-electron chi connectivity index (χ1n) is 36.1. The van der Waals surface area contributed by atoms with Crippen LogP contribution in [-0.4, -0.2) is 74.3 Å². The van der Waals surface area contributed by atoms with Gasteiger partial charge in [0.2, 0.25) is 5.91 Å². The zero-order valence-electron chi connectivity index (χ0n) is 57.0. The van der Waals surface area contributed by atoms with E-state index in [2.05, 4.69) is 111 Å². The molecule has 0 saturated heterocycles. The van der Waals surface area contributed by atoms with Crippen LogP contribution in [0.4, 0.5) is 0 Å². The zero-order valence-corrected chi connectivity index (χ0v) is 57.9. The van der Waals surface area contributed by atoms with Crippen molar-refractivity contribution in [3.05, 3.63) is 97.2 Å². The summed E-state index contributed by atoms with van der Waals surface area (Å²) in [5, 5.41) is 3.07. The van der Waals surface area contributed by atoms with Gasteiger partial charge in [0.15, 0.2) is 0 Å². The first-order chi connectivity index (χ1) is 41.9. The molecule has 0 aliphatic rings. The molecular weight excluding hydrogens is 1080 g/mol. The van der Waals surface area contributed by atoms with Crippen molar-refractivity contribution in [3.8, 4) is 0 Å². The summed E-state index contributed by atoms with van der Waals surface area (Å²) >= 11 is 0. The average molecular weight is 1220 g/mol. The number of hydrogen-bond donors (Lipinski definition) is 2. The van der Waals surface area contributed by atoms with Gasteiger partial charge in [0.25, 0.3) is 0 Å². The topological polar surface area (TPSA) is 111 Å². The molecule has 2 N–H and O–H groups in total. The second-order valence-corrected chi connectivity index (χ2v) is 26.9. The maximum atomic E-state index is 13.6. The fourth-order valence-corrected chi connectivity index (χ4v) is 10.9. The number of ether oxygens (including phenoxy) is 1. The summed E-state index contributed by atoms with van der Waals surface area (Å²) < 4.78 is 30.8. The minimum atomic E-state index is -4.46. The quantitative estimate of drug-likeness (QED) is 0.0205. The minimum Gasteiger partial charge on any atom is -0.456 e. The van der Waals surface area contributed by atoms with Crippen molar-refractivity contribution in [2.75, 3.05) is 40.9 Å². The Labute approximate surface area is 532 Å². The van der Waals surface area contributed by atoms with Crippen molar-refractivity contribution < 1.29 is 37.3 Å².